The van der Waals surface area contributed by atoms with Gasteiger partial charge in [-0.2, -0.15) is 15.0 Å². The Morgan fingerprint density at radius 1 is 1.12 bits per heavy atom. The monoisotopic (exact) mass is 434 g/mol. The number of hydrogen-bond acceptors (Lipinski definition) is 6. The molecule has 0 aliphatic carbocycles. The zero-order chi connectivity index (χ0) is 22.2. The fourth-order valence-corrected chi connectivity index (χ4v) is 4.41. The number of aliphatic hydroxyl groups is 1. The van der Waals surface area contributed by atoms with Crippen molar-refractivity contribution in [2.75, 3.05) is 19.9 Å². The molecule has 1 N–H and O–H groups in total. The third kappa shape index (κ3) is 3.65. The SMILES string of the molecule is Cc1c(Cc2ccc(-n3nccn3)cc2)cc2c(c1C)OCN([C@H]1COCC[C@@H]1O)C2=O. The lowest BCUT2D eigenvalue weighted by Crippen LogP contribution is -2.55. The summed E-state index contributed by atoms with van der Waals surface area (Å²) in [5.41, 5.74) is 5.73. The third-order valence-electron chi connectivity index (χ3n) is 6.46. The molecule has 5 rings (SSSR count). The molecule has 0 bridgehead atoms. The van der Waals surface area contributed by atoms with Gasteiger partial charge in [-0.05, 0) is 67.1 Å². The number of aromatic nitrogens is 3. The summed E-state index contributed by atoms with van der Waals surface area (Å²) in [6.45, 7) is 5.01. The van der Waals surface area contributed by atoms with Gasteiger partial charge >= 0.3 is 0 Å². The number of nitrogens with zero attached hydrogens (tertiary/aromatic N) is 4. The second-order valence-corrected chi connectivity index (χ2v) is 8.37. The molecule has 1 aromatic heterocycles. The van der Waals surface area contributed by atoms with Gasteiger partial charge in [0.1, 0.15) is 5.75 Å². The van der Waals surface area contributed by atoms with Crippen LogP contribution < -0.4 is 4.74 Å². The molecular weight excluding hydrogens is 408 g/mol. The highest BCUT2D eigenvalue weighted by Gasteiger charge is 2.37. The summed E-state index contributed by atoms with van der Waals surface area (Å²) < 4.78 is 11.5. The van der Waals surface area contributed by atoms with Crippen molar-refractivity contribution in [3.8, 4) is 11.4 Å². The first-order chi connectivity index (χ1) is 15.5. The Morgan fingerprint density at radius 3 is 2.59 bits per heavy atom. The molecule has 0 saturated carbocycles. The fourth-order valence-electron chi connectivity index (χ4n) is 4.41. The highest BCUT2D eigenvalue weighted by molar-refractivity contribution is 5.99. The lowest BCUT2D eigenvalue weighted by Gasteiger charge is -2.40. The van der Waals surface area contributed by atoms with Crippen molar-refractivity contribution in [1.29, 1.82) is 0 Å². The summed E-state index contributed by atoms with van der Waals surface area (Å²) in [5, 5.41) is 18.7. The predicted octanol–water partition coefficient (Wildman–Crippen LogP) is 2.42. The predicted molar refractivity (Wildman–Crippen MR) is 117 cm³/mol. The molecule has 8 heteroatoms. The highest BCUT2D eigenvalue weighted by Crippen LogP contribution is 2.35. The minimum atomic E-state index is -0.605. The van der Waals surface area contributed by atoms with E-state index < -0.39 is 12.1 Å². The van der Waals surface area contributed by atoms with E-state index in [4.69, 9.17) is 9.47 Å². The molecule has 2 atom stereocenters. The van der Waals surface area contributed by atoms with Gasteiger partial charge in [-0.15, -0.1) is 0 Å². The fraction of sp³-hybridized carbons (Fsp3) is 0.375. The molecular formula is C24H26N4O4. The summed E-state index contributed by atoms with van der Waals surface area (Å²) in [4.78, 5) is 16.5. The molecule has 166 valence electrons. The number of amides is 1. The van der Waals surface area contributed by atoms with Crippen molar-refractivity contribution >= 4 is 5.91 Å². The summed E-state index contributed by atoms with van der Waals surface area (Å²) in [7, 11) is 0. The van der Waals surface area contributed by atoms with Crippen LogP contribution in [0.25, 0.3) is 5.69 Å². The van der Waals surface area contributed by atoms with Gasteiger partial charge in [-0.25, -0.2) is 0 Å². The first kappa shape index (κ1) is 20.7. The largest absolute Gasteiger partial charge is 0.472 e. The molecule has 0 radical (unpaired) electrons. The van der Waals surface area contributed by atoms with E-state index in [1.165, 1.54) is 0 Å². The summed E-state index contributed by atoms with van der Waals surface area (Å²) in [6.07, 6.45) is 3.90. The first-order valence-corrected chi connectivity index (χ1v) is 10.8. The molecule has 1 fully saturated rings. The van der Waals surface area contributed by atoms with Crippen molar-refractivity contribution in [2.45, 2.75) is 38.8 Å². The van der Waals surface area contributed by atoms with Gasteiger partial charge in [0.25, 0.3) is 5.91 Å². The Labute approximate surface area is 186 Å². The Bertz CT molecular complexity index is 1130. The minimum Gasteiger partial charge on any atom is -0.472 e. The second kappa shape index (κ2) is 8.37. The van der Waals surface area contributed by atoms with Crippen LogP contribution in [-0.4, -0.2) is 63.0 Å². The Hall–Kier alpha value is -3.23. The number of fused-ring (bicyclic) bond motifs is 1. The van der Waals surface area contributed by atoms with Crippen molar-refractivity contribution in [3.05, 3.63) is 70.5 Å². The zero-order valence-corrected chi connectivity index (χ0v) is 18.2. The number of carbonyl (C=O) groups excluding carboxylic acids is 1. The number of aliphatic hydroxyl groups excluding tert-OH is 1. The smallest absolute Gasteiger partial charge is 0.260 e. The van der Waals surface area contributed by atoms with Gasteiger partial charge in [0, 0.05) is 6.61 Å². The first-order valence-electron chi connectivity index (χ1n) is 10.8. The normalized spacial score (nSPS) is 20.7. The molecule has 32 heavy (non-hydrogen) atoms. The summed E-state index contributed by atoms with van der Waals surface area (Å²) in [6, 6.07) is 9.61. The number of rotatable bonds is 4. The van der Waals surface area contributed by atoms with Crippen LogP contribution in [0, 0.1) is 13.8 Å². The molecule has 2 aliphatic heterocycles. The van der Waals surface area contributed by atoms with Crippen LogP contribution >= 0.6 is 0 Å². The van der Waals surface area contributed by atoms with E-state index in [9.17, 15) is 9.90 Å². The average Bonchev–Trinajstić information content (AvgIpc) is 3.34. The van der Waals surface area contributed by atoms with E-state index in [1.54, 1.807) is 22.1 Å². The number of ether oxygens (including phenoxy) is 2. The maximum absolute atomic E-state index is 13.4. The van der Waals surface area contributed by atoms with Gasteiger partial charge < -0.3 is 14.6 Å². The molecule has 2 aliphatic rings. The number of hydrogen-bond donors (Lipinski definition) is 1. The Kier molecular flexibility index (Phi) is 5.40. The third-order valence-corrected chi connectivity index (χ3v) is 6.46. The van der Waals surface area contributed by atoms with E-state index in [0.29, 0.717) is 37.4 Å². The van der Waals surface area contributed by atoms with Crippen LogP contribution in [0.3, 0.4) is 0 Å². The molecule has 3 heterocycles. The van der Waals surface area contributed by atoms with Gasteiger partial charge in [-0.3, -0.25) is 9.69 Å². The average molecular weight is 434 g/mol. The van der Waals surface area contributed by atoms with Crippen molar-refractivity contribution < 1.29 is 19.4 Å². The van der Waals surface area contributed by atoms with E-state index in [2.05, 4.69) is 17.1 Å². The molecule has 0 unspecified atom stereocenters. The van der Waals surface area contributed by atoms with Gasteiger partial charge in [0.05, 0.1) is 42.4 Å². The standard InChI is InChI=1S/C24H26N4O4/c1-15-16(2)23-20(24(30)27(14-32-23)21-13-31-10-7-22(21)29)12-18(15)11-17-3-5-19(6-4-17)28-25-8-9-26-28/h3-6,8-9,12,21-22,29H,7,10-11,13-14H2,1-2H3/t21-,22-/m0/s1. The van der Waals surface area contributed by atoms with Gasteiger partial charge in [-0.1, -0.05) is 12.1 Å². The van der Waals surface area contributed by atoms with Crippen LogP contribution in [-0.2, 0) is 11.2 Å². The Balaban J connectivity index is 1.43. The van der Waals surface area contributed by atoms with Crippen LogP contribution in [0.2, 0.25) is 0 Å². The molecule has 1 amide bonds. The van der Waals surface area contributed by atoms with Gasteiger partial charge in [0.15, 0.2) is 6.73 Å². The summed E-state index contributed by atoms with van der Waals surface area (Å²) in [5.74, 6) is 0.518. The molecule has 8 nitrogen and oxygen atoms in total. The molecule has 1 saturated heterocycles. The van der Waals surface area contributed by atoms with Crippen LogP contribution in [0.5, 0.6) is 5.75 Å². The number of carbonyl (C=O) groups is 1. The van der Waals surface area contributed by atoms with Crippen LogP contribution in [0.4, 0.5) is 0 Å². The van der Waals surface area contributed by atoms with Crippen molar-refractivity contribution in [2.24, 2.45) is 0 Å². The van der Waals surface area contributed by atoms with E-state index >= 15 is 0 Å². The molecule has 2 aromatic carbocycles. The highest BCUT2D eigenvalue weighted by atomic mass is 16.5. The minimum absolute atomic E-state index is 0.120. The number of benzene rings is 2. The molecule has 3 aromatic rings. The molecule has 0 spiro atoms. The second-order valence-electron chi connectivity index (χ2n) is 8.37. The van der Waals surface area contributed by atoms with Crippen LogP contribution in [0.15, 0.2) is 42.7 Å². The maximum atomic E-state index is 13.4. The van der Waals surface area contributed by atoms with E-state index in [0.717, 1.165) is 27.9 Å². The quantitative estimate of drug-likeness (QED) is 0.678. The lowest BCUT2D eigenvalue weighted by atomic mass is 9.92. The van der Waals surface area contributed by atoms with Crippen molar-refractivity contribution in [1.82, 2.24) is 19.9 Å². The van der Waals surface area contributed by atoms with E-state index in [-0.39, 0.29) is 12.6 Å². The van der Waals surface area contributed by atoms with Crippen molar-refractivity contribution in [3.63, 3.8) is 0 Å². The lowest BCUT2D eigenvalue weighted by molar-refractivity contribution is -0.0697. The zero-order valence-electron chi connectivity index (χ0n) is 18.2. The van der Waals surface area contributed by atoms with Gasteiger partial charge in [0.2, 0.25) is 0 Å². The van der Waals surface area contributed by atoms with Crippen LogP contribution in [0.1, 0.15) is 39.0 Å². The Morgan fingerprint density at radius 2 is 1.88 bits per heavy atom. The topological polar surface area (TPSA) is 89.7 Å². The maximum Gasteiger partial charge on any atom is 0.260 e. The summed E-state index contributed by atoms with van der Waals surface area (Å²) >= 11 is 0. The van der Waals surface area contributed by atoms with E-state index in [1.807, 2.05) is 37.3 Å².